The maximum absolute atomic E-state index is 3.68. The molecule has 0 aliphatic rings. The standard InChI is InChI=1S/C9H15Br/c1-3-5-6-8-9(10)7-4-2/h3-4,9H,1-2,5-8H2. The van der Waals surface area contributed by atoms with Crippen LogP contribution >= 0.6 is 15.9 Å². The van der Waals surface area contributed by atoms with Crippen molar-refractivity contribution in [1.29, 1.82) is 0 Å². The highest BCUT2D eigenvalue weighted by molar-refractivity contribution is 9.09. The first kappa shape index (κ1) is 9.96. The SMILES string of the molecule is C=CCCCC(Br)CC=C. The van der Waals surface area contributed by atoms with Crippen molar-refractivity contribution < 1.29 is 0 Å². The molecule has 0 N–H and O–H groups in total. The summed E-state index contributed by atoms with van der Waals surface area (Å²) in [5.74, 6) is 0. The summed E-state index contributed by atoms with van der Waals surface area (Å²) in [5.41, 5.74) is 0. The summed E-state index contributed by atoms with van der Waals surface area (Å²) in [7, 11) is 0. The average molecular weight is 203 g/mol. The molecule has 0 spiro atoms. The molecule has 1 atom stereocenters. The molecule has 1 heteroatoms. The summed E-state index contributed by atoms with van der Waals surface area (Å²) >= 11 is 3.56. The quantitative estimate of drug-likeness (QED) is 0.351. The Hall–Kier alpha value is -0.0400. The van der Waals surface area contributed by atoms with E-state index in [2.05, 4.69) is 29.1 Å². The Labute approximate surface area is 72.1 Å². The minimum Gasteiger partial charge on any atom is -0.103 e. The van der Waals surface area contributed by atoms with Crippen LogP contribution in [0.3, 0.4) is 0 Å². The third kappa shape index (κ3) is 6.09. The van der Waals surface area contributed by atoms with Crippen LogP contribution in [0.2, 0.25) is 0 Å². The lowest BCUT2D eigenvalue weighted by Gasteiger charge is -2.03. The summed E-state index contributed by atoms with van der Waals surface area (Å²) < 4.78 is 0. The Morgan fingerprint density at radius 2 is 2.00 bits per heavy atom. The molecule has 0 aliphatic heterocycles. The third-order valence-corrected chi connectivity index (χ3v) is 2.18. The van der Waals surface area contributed by atoms with Crippen molar-refractivity contribution in [1.82, 2.24) is 0 Å². The van der Waals surface area contributed by atoms with Gasteiger partial charge >= 0.3 is 0 Å². The molecular weight excluding hydrogens is 188 g/mol. The highest BCUT2D eigenvalue weighted by Crippen LogP contribution is 2.13. The Morgan fingerprint density at radius 3 is 2.50 bits per heavy atom. The van der Waals surface area contributed by atoms with E-state index >= 15 is 0 Å². The molecule has 0 rings (SSSR count). The zero-order valence-corrected chi connectivity index (χ0v) is 7.94. The van der Waals surface area contributed by atoms with Crippen LogP contribution in [0.25, 0.3) is 0 Å². The van der Waals surface area contributed by atoms with E-state index in [1.807, 2.05) is 12.2 Å². The second kappa shape index (κ2) is 7.07. The monoisotopic (exact) mass is 202 g/mol. The van der Waals surface area contributed by atoms with Crippen LogP contribution in [0, 0.1) is 0 Å². The molecule has 0 amide bonds. The summed E-state index contributed by atoms with van der Waals surface area (Å²) in [5, 5.41) is 0. The van der Waals surface area contributed by atoms with Gasteiger partial charge in [-0.15, -0.1) is 13.2 Å². The van der Waals surface area contributed by atoms with Gasteiger partial charge in [0.15, 0.2) is 0 Å². The molecule has 0 aliphatic carbocycles. The lowest BCUT2D eigenvalue weighted by atomic mass is 10.1. The summed E-state index contributed by atoms with van der Waals surface area (Å²) in [6, 6.07) is 0. The van der Waals surface area contributed by atoms with Crippen molar-refractivity contribution >= 4 is 15.9 Å². The highest BCUT2D eigenvalue weighted by Gasteiger charge is 1.98. The van der Waals surface area contributed by atoms with Gasteiger partial charge in [0.05, 0.1) is 0 Å². The minimum absolute atomic E-state index is 0.616. The van der Waals surface area contributed by atoms with Crippen LogP contribution in [-0.2, 0) is 0 Å². The molecule has 0 radical (unpaired) electrons. The fourth-order valence-electron chi connectivity index (χ4n) is 0.782. The Kier molecular flexibility index (Phi) is 7.04. The van der Waals surface area contributed by atoms with Gasteiger partial charge in [0.1, 0.15) is 0 Å². The molecular formula is C9H15Br. The minimum atomic E-state index is 0.616. The van der Waals surface area contributed by atoms with Gasteiger partial charge in [-0.25, -0.2) is 0 Å². The maximum atomic E-state index is 3.68. The maximum Gasteiger partial charge on any atom is 0.0180 e. The first-order valence-corrected chi connectivity index (χ1v) is 4.58. The van der Waals surface area contributed by atoms with E-state index in [0.717, 1.165) is 12.8 Å². The van der Waals surface area contributed by atoms with Gasteiger partial charge in [0.2, 0.25) is 0 Å². The smallest absolute Gasteiger partial charge is 0.0180 e. The zero-order chi connectivity index (χ0) is 7.82. The second-order valence-electron chi connectivity index (χ2n) is 2.34. The van der Waals surface area contributed by atoms with Crippen LogP contribution in [0.15, 0.2) is 25.3 Å². The number of halogens is 1. The second-order valence-corrected chi connectivity index (χ2v) is 3.64. The van der Waals surface area contributed by atoms with Crippen LogP contribution in [0.4, 0.5) is 0 Å². The number of hydrogen-bond acceptors (Lipinski definition) is 0. The first-order valence-electron chi connectivity index (χ1n) is 3.67. The Balaban J connectivity index is 3.11. The summed E-state index contributed by atoms with van der Waals surface area (Å²) in [4.78, 5) is 0.616. The van der Waals surface area contributed by atoms with Gasteiger partial charge in [-0.1, -0.05) is 28.1 Å². The number of allylic oxidation sites excluding steroid dienone is 2. The van der Waals surface area contributed by atoms with Gasteiger partial charge in [0.25, 0.3) is 0 Å². The van der Waals surface area contributed by atoms with Crippen LogP contribution in [-0.4, -0.2) is 4.83 Å². The molecule has 0 aromatic carbocycles. The predicted octanol–water partition coefficient (Wildman–Crippen LogP) is 3.68. The molecule has 0 saturated carbocycles. The largest absolute Gasteiger partial charge is 0.103 e. The van der Waals surface area contributed by atoms with Gasteiger partial charge in [0, 0.05) is 4.83 Å². The Morgan fingerprint density at radius 1 is 1.30 bits per heavy atom. The topological polar surface area (TPSA) is 0 Å². The van der Waals surface area contributed by atoms with Gasteiger partial charge in [-0.05, 0) is 25.7 Å². The average Bonchev–Trinajstić information content (AvgIpc) is 1.89. The normalized spacial score (nSPS) is 12.5. The molecule has 0 bridgehead atoms. The summed E-state index contributed by atoms with van der Waals surface area (Å²) in [6.07, 6.45) is 8.56. The first-order chi connectivity index (χ1) is 4.81. The molecule has 1 unspecified atom stereocenters. The number of unbranched alkanes of at least 4 members (excludes halogenated alkanes) is 1. The molecule has 0 aromatic heterocycles. The Bertz CT molecular complexity index is 96.9. The summed E-state index contributed by atoms with van der Waals surface area (Å²) in [6.45, 7) is 7.35. The van der Waals surface area contributed by atoms with Crippen LogP contribution in [0.1, 0.15) is 25.7 Å². The van der Waals surface area contributed by atoms with Crippen molar-refractivity contribution in [2.24, 2.45) is 0 Å². The number of rotatable bonds is 6. The molecule has 0 fully saturated rings. The lowest BCUT2D eigenvalue weighted by Crippen LogP contribution is -1.94. The van der Waals surface area contributed by atoms with Crippen molar-refractivity contribution in [2.45, 2.75) is 30.5 Å². The van der Waals surface area contributed by atoms with Crippen molar-refractivity contribution in [3.05, 3.63) is 25.3 Å². The molecule has 58 valence electrons. The number of hydrogen-bond donors (Lipinski definition) is 0. The van der Waals surface area contributed by atoms with E-state index in [1.54, 1.807) is 0 Å². The van der Waals surface area contributed by atoms with Gasteiger partial charge < -0.3 is 0 Å². The predicted molar refractivity (Wildman–Crippen MR) is 51.6 cm³/mol. The highest BCUT2D eigenvalue weighted by atomic mass is 79.9. The third-order valence-electron chi connectivity index (χ3n) is 1.35. The van der Waals surface area contributed by atoms with E-state index in [9.17, 15) is 0 Å². The van der Waals surface area contributed by atoms with E-state index in [-0.39, 0.29) is 0 Å². The molecule has 0 heterocycles. The van der Waals surface area contributed by atoms with Gasteiger partial charge in [-0.2, -0.15) is 0 Å². The van der Waals surface area contributed by atoms with Crippen LogP contribution < -0.4 is 0 Å². The molecule has 0 nitrogen and oxygen atoms in total. The van der Waals surface area contributed by atoms with Crippen molar-refractivity contribution in [3.63, 3.8) is 0 Å². The van der Waals surface area contributed by atoms with Crippen molar-refractivity contribution in [2.75, 3.05) is 0 Å². The van der Waals surface area contributed by atoms with Crippen molar-refractivity contribution in [3.8, 4) is 0 Å². The van der Waals surface area contributed by atoms with Crippen LogP contribution in [0.5, 0.6) is 0 Å². The fourth-order valence-corrected chi connectivity index (χ4v) is 1.37. The molecule has 0 aromatic rings. The molecule has 0 saturated heterocycles. The van der Waals surface area contributed by atoms with E-state index in [4.69, 9.17) is 0 Å². The molecule has 10 heavy (non-hydrogen) atoms. The van der Waals surface area contributed by atoms with E-state index < -0.39 is 0 Å². The van der Waals surface area contributed by atoms with E-state index in [0.29, 0.717) is 4.83 Å². The lowest BCUT2D eigenvalue weighted by molar-refractivity contribution is 0.720. The fraction of sp³-hybridized carbons (Fsp3) is 0.556. The number of alkyl halides is 1. The zero-order valence-electron chi connectivity index (χ0n) is 6.35. The van der Waals surface area contributed by atoms with Gasteiger partial charge in [-0.3, -0.25) is 0 Å². The van der Waals surface area contributed by atoms with E-state index in [1.165, 1.54) is 12.8 Å².